The molecule has 0 saturated carbocycles. The van der Waals surface area contributed by atoms with Crippen molar-refractivity contribution in [2.45, 2.75) is 64.7 Å². The Morgan fingerprint density at radius 2 is 1.65 bits per heavy atom. The normalized spacial score (nSPS) is 11.3. The number of nitriles is 1. The molecule has 3 nitrogen and oxygen atoms in total. The van der Waals surface area contributed by atoms with E-state index in [1.54, 1.807) is 0 Å². The van der Waals surface area contributed by atoms with Crippen LogP contribution in [-0.2, 0) is 6.42 Å². The molecule has 0 radical (unpaired) electrons. The summed E-state index contributed by atoms with van der Waals surface area (Å²) in [7, 11) is 0. The molecule has 0 amide bonds. The average Bonchev–Trinajstić information content (AvgIpc) is 2.58. The Kier molecular flexibility index (Phi) is 11.1. The minimum Gasteiger partial charge on any atom is -0.271 e. The van der Waals surface area contributed by atoms with Gasteiger partial charge in [-0.1, -0.05) is 75.8 Å². The zero-order valence-electron chi connectivity index (χ0n) is 14.5. The van der Waals surface area contributed by atoms with Crippen molar-refractivity contribution in [1.29, 1.82) is 5.26 Å². The first-order chi connectivity index (χ1) is 11.3. The van der Waals surface area contributed by atoms with E-state index in [4.69, 9.17) is 5.26 Å². The highest BCUT2D eigenvalue weighted by atomic mass is 32.2. The van der Waals surface area contributed by atoms with Crippen LogP contribution < -0.4 is 5.32 Å². The molecule has 0 aromatic heterocycles. The van der Waals surface area contributed by atoms with Crippen molar-refractivity contribution < 1.29 is 0 Å². The van der Waals surface area contributed by atoms with E-state index in [0.717, 1.165) is 12.1 Å². The van der Waals surface area contributed by atoms with Crippen LogP contribution >= 0.6 is 11.8 Å². The minimum absolute atomic E-state index is 0.628. The van der Waals surface area contributed by atoms with Gasteiger partial charge in [0.1, 0.15) is 0 Å². The number of hydrogen-bond acceptors (Lipinski definition) is 3. The second-order valence-corrected chi connectivity index (χ2v) is 6.54. The second kappa shape index (κ2) is 13.0. The lowest BCUT2D eigenvalue weighted by molar-refractivity contribution is 0.575. The van der Waals surface area contributed by atoms with E-state index >= 15 is 0 Å². The Balaban J connectivity index is 2.25. The van der Waals surface area contributed by atoms with Gasteiger partial charge in [-0.15, -0.1) is 0 Å². The maximum absolute atomic E-state index is 8.64. The largest absolute Gasteiger partial charge is 0.271 e. The lowest BCUT2D eigenvalue weighted by Crippen LogP contribution is -2.12. The third-order valence-corrected chi connectivity index (χ3v) is 4.42. The average molecular weight is 332 g/mol. The predicted molar refractivity (Wildman–Crippen MR) is 102 cm³/mol. The molecule has 1 aromatic rings. The Morgan fingerprint density at radius 1 is 1.04 bits per heavy atom. The fourth-order valence-corrected chi connectivity index (χ4v) is 2.83. The maximum atomic E-state index is 8.64. The molecule has 0 atom stereocenters. The molecule has 0 aliphatic heterocycles. The summed E-state index contributed by atoms with van der Waals surface area (Å²) in [6, 6.07) is 8.33. The van der Waals surface area contributed by atoms with Crippen LogP contribution in [0.4, 0.5) is 5.69 Å². The van der Waals surface area contributed by atoms with E-state index in [1.807, 2.05) is 24.6 Å². The SMILES string of the molecule is CCCCCCCCCCc1ccc(N=C(NC#N)SC)cc1. The molecule has 1 rings (SSSR count). The van der Waals surface area contributed by atoms with Crippen LogP contribution in [0.2, 0.25) is 0 Å². The topological polar surface area (TPSA) is 48.2 Å². The van der Waals surface area contributed by atoms with Gasteiger partial charge in [-0.3, -0.25) is 5.32 Å². The summed E-state index contributed by atoms with van der Waals surface area (Å²) in [5, 5.41) is 11.8. The van der Waals surface area contributed by atoms with Gasteiger partial charge in [-0.2, -0.15) is 5.26 Å². The number of aryl methyl sites for hydroxylation is 1. The number of nitrogens with zero attached hydrogens (tertiary/aromatic N) is 2. The highest BCUT2D eigenvalue weighted by Crippen LogP contribution is 2.17. The summed E-state index contributed by atoms with van der Waals surface area (Å²) >= 11 is 1.44. The molecule has 0 bridgehead atoms. The lowest BCUT2D eigenvalue weighted by atomic mass is 10.0. The van der Waals surface area contributed by atoms with Crippen LogP contribution in [0.1, 0.15) is 63.9 Å². The molecule has 0 saturated heterocycles. The number of hydrogen-bond donors (Lipinski definition) is 1. The van der Waals surface area contributed by atoms with Crippen molar-refractivity contribution in [3.05, 3.63) is 29.8 Å². The van der Waals surface area contributed by atoms with E-state index in [1.165, 1.54) is 68.7 Å². The van der Waals surface area contributed by atoms with E-state index in [0.29, 0.717) is 5.17 Å². The highest BCUT2D eigenvalue weighted by Gasteiger charge is 1.98. The number of rotatable bonds is 10. The summed E-state index contributed by atoms with van der Waals surface area (Å²) in [6.07, 6.45) is 15.8. The number of thioether (sulfide) groups is 1. The van der Waals surface area contributed by atoms with Gasteiger partial charge in [-0.05, 0) is 36.8 Å². The fourth-order valence-electron chi connectivity index (χ4n) is 2.49. The van der Waals surface area contributed by atoms with E-state index in [2.05, 4.69) is 29.4 Å². The second-order valence-electron chi connectivity index (χ2n) is 5.75. The van der Waals surface area contributed by atoms with Gasteiger partial charge in [0.05, 0.1) is 5.69 Å². The summed E-state index contributed by atoms with van der Waals surface area (Å²) in [4.78, 5) is 4.40. The van der Waals surface area contributed by atoms with Crippen molar-refractivity contribution in [3.8, 4) is 6.19 Å². The van der Waals surface area contributed by atoms with Crippen LogP contribution in [-0.4, -0.2) is 11.4 Å². The van der Waals surface area contributed by atoms with Gasteiger partial charge < -0.3 is 0 Å². The van der Waals surface area contributed by atoms with Gasteiger partial charge in [0.15, 0.2) is 11.4 Å². The number of unbranched alkanes of at least 4 members (excludes halogenated alkanes) is 7. The summed E-state index contributed by atoms with van der Waals surface area (Å²) in [5.74, 6) is 0. The molecule has 1 N–H and O–H groups in total. The number of nitrogens with one attached hydrogen (secondary N) is 1. The standard InChI is InChI=1S/C19H29N3S/c1-3-4-5-6-7-8-9-10-11-17-12-14-18(15-13-17)22-19(23-2)21-16-20/h12-15H,3-11H2,1-2H3,(H,21,22). The van der Waals surface area contributed by atoms with Gasteiger partial charge in [0.25, 0.3) is 0 Å². The van der Waals surface area contributed by atoms with Crippen LogP contribution in [0, 0.1) is 11.5 Å². The van der Waals surface area contributed by atoms with Crippen molar-refractivity contribution in [2.24, 2.45) is 4.99 Å². The Morgan fingerprint density at radius 3 is 2.22 bits per heavy atom. The Bertz CT molecular complexity index is 488. The first kappa shape index (κ1) is 19.6. The van der Waals surface area contributed by atoms with Gasteiger partial charge >= 0.3 is 0 Å². The minimum atomic E-state index is 0.628. The molecule has 0 fully saturated rings. The quantitative estimate of drug-likeness (QED) is 0.194. The molecule has 23 heavy (non-hydrogen) atoms. The molecular formula is C19H29N3S. The van der Waals surface area contributed by atoms with Gasteiger partial charge in [0.2, 0.25) is 0 Å². The van der Waals surface area contributed by atoms with Crippen LogP contribution in [0.3, 0.4) is 0 Å². The summed E-state index contributed by atoms with van der Waals surface area (Å²) in [6.45, 7) is 2.26. The van der Waals surface area contributed by atoms with E-state index in [9.17, 15) is 0 Å². The fraction of sp³-hybridized carbons (Fsp3) is 0.579. The van der Waals surface area contributed by atoms with Crippen LogP contribution in [0.5, 0.6) is 0 Å². The maximum Gasteiger partial charge on any atom is 0.183 e. The van der Waals surface area contributed by atoms with Gasteiger partial charge in [0, 0.05) is 0 Å². The third-order valence-electron chi connectivity index (χ3n) is 3.84. The molecule has 0 aliphatic rings. The molecule has 126 valence electrons. The lowest BCUT2D eigenvalue weighted by Gasteiger charge is -2.04. The Labute approximate surface area is 145 Å². The predicted octanol–water partition coefficient (Wildman–Crippen LogP) is 5.79. The van der Waals surface area contributed by atoms with Gasteiger partial charge in [-0.25, -0.2) is 4.99 Å². The summed E-state index contributed by atoms with van der Waals surface area (Å²) < 4.78 is 0. The highest BCUT2D eigenvalue weighted by molar-refractivity contribution is 8.13. The molecule has 0 unspecified atom stereocenters. The first-order valence-corrected chi connectivity index (χ1v) is 9.89. The number of aliphatic imine (C=N–C) groups is 1. The number of amidine groups is 1. The van der Waals surface area contributed by atoms with Crippen molar-refractivity contribution in [3.63, 3.8) is 0 Å². The van der Waals surface area contributed by atoms with Crippen LogP contribution in [0.25, 0.3) is 0 Å². The smallest absolute Gasteiger partial charge is 0.183 e. The molecule has 0 heterocycles. The molecule has 4 heteroatoms. The molecular weight excluding hydrogens is 302 g/mol. The molecule has 0 aliphatic carbocycles. The number of benzene rings is 1. The van der Waals surface area contributed by atoms with E-state index in [-0.39, 0.29) is 0 Å². The monoisotopic (exact) mass is 331 g/mol. The van der Waals surface area contributed by atoms with Crippen molar-refractivity contribution >= 4 is 22.6 Å². The summed E-state index contributed by atoms with van der Waals surface area (Å²) in [5.41, 5.74) is 2.26. The van der Waals surface area contributed by atoms with Crippen molar-refractivity contribution in [1.82, 2.24) is 5.32 Å². The zero-order chi connectivity index (χ0) is 16.8. The molecule has 1 aromatic carbocycles. The van der Waals surface area contributed by atoms with Crippen molar-refractivity contribution in [2.75, 3.05) is 6.26 Å². The Hall–Kier alpha value is -1.47. The third kappa shape index (κ3) is 9.30. The van der Waals surface area contributed by atoms with Crippen LogP contribution in [0.15, 0.2) is 29.3 Å². The first-order valence-electron chi connectivity index (χ1n) is 8.67. The van der Waals surface area contributed by atoms with E-state index < -0.39 is 0 Å². The zero-order valence-corrected chi connectivity index (χ0v) is 15.3. The molecule has 0 spiro atoms.